The Hall–Kier alpha value is -0.850. The first-order valence-corrected chi connectivity index (χ1v) is 7.11. The second-order valence-electron chi connectivity index (χ2n) is 5.26. The number of aliphatic hydroxyl groups is 1. The van der Waals surface area contributed by atoms with Crippen molar-refractivity contribution in [2.24, 2.45) is 11.3 Å². The maximum Gasteiger partial charge on any atom is 0.114 e. The quantitative estimate of drug-likeness (QED) is 0.888. The van der Waals surface area contributed by atoms with Crippen LogP contribution in [0.1, 0.15) is 44.4 Å². The van der Waals surface area contributed by atoms with Gasteiger partial charge in [0.05, 0.1) is 11.5 Å². The minimum atomic E-state index is -1.01. The van der Waals surface area contributed by atoms with Crippen LogP contribution in [0, 0.1) is 22.7 Å². The van der Waals surface area contributed by atoms with Gasteiger partial charge >= 0.3 is 0 Å². The number of nitrogens with zero attached hydrogens (tertiary/aromatic N) is 1. The summed E-state index contributed by atoms with van der Waals surface area (Å²) >= 11 is 1.54. The maximum absolute atomic E-state index is 10.8. The van der Waals surface area contributed by atoms with Crippen molar-refractivity contribution < 1.29 is 5.11 Å². The Bertz CT molecular complexity index is 418. The molecule has 0 radical (unpaired) electrons. The number of hydrogen-bond acceptors (Lipinski definition) is 3. The molecule has 3 heteroatoms. The van der Waals surface area contributed by atoms with Crippen LogP contribution in [-0.2, 0) is 5.60 Å². The van der Waals surface area contributed by atoms with E-state index in [-0.39, 0.29) is 0 Å². The number of hydrogen-bond donors (Lipinski definition) is 1. The summed E-state index contributed by atoms with van der Waals surface area (Å²) in [5.41, 5.74) is -1.61. The topological polar surface area (TPSA) is 44.0 Å². The molecule has 1 saturated carbocycles. The van der Waals surface area contributed by atoms with Gasteiger partial charge in [0.1, 0.15) is 5.60 Å². The Balaban J connectivity index is 2.34. The first-order valence-electron chi connectivity index (χ1n) is 6.23. The summed E-state index contributed by atoms with van der Waals surface area (Å²) in [6.07, 6.45) is 3.80. The molecule has 1 aromatic rings. The lowest BCUT2D eigenvalue weighted by molar-refractivity contribution is -0.0410. The highest BCUT2D eigenvalue weighted by atomic mass is 32.1. The second-order valence-corrected chi connectivity index (χ2v) is 6.21. The highest BCUT2D eigenvalue weighted by Gasteiger charge is 2.53. The van der Waals surface area contributed by atoms with Gasteiger partial charge in [-0.3, -0.25) is 0 Å². The third-order valence-electron chi connectivity index (χ3n) is 4.34. The monoisotopic (exact) mass is 249 g/mol. The van der Waals surface area contributed by atoms with Gasteiger partial charge in [-0.25, -0.2) is 0 Å². The molecule has 3 unspecified atom stereocenters. The molecule has 2 nitrogen and oxygen atoms in total. The van der Waals surface area contributed by atoms with Crippen molar-refractivity contribution >= 4 is 11.3 Å². The zero-order valence-electron chi connectivity index (χ0n) is 10.4. The average molecular weight is 249 g/mol. The Kier molecular flexibility index (Phi) is 3.29. The van der Waals surface area contributed by atoms with Crippen molar-refractivity contribution in [1.29, 1.82) is 5.26 Å². The summed E-state index contributed by atoms with van der Waals surface area (Å²) in [7, 11) is 0. The van der Waals surface area contributed by atoms with E-state index >= 15 is 0 Å². The summed E-state index contributed by atoms with van der Waals surface area (Å²) in [6, 6.07) is 6.30. The molecular weight excluding hydrogens is 230 g/mol. The van der Waals surface area contributed by atoms with Crippen LogP contribution in [0.25, 0.3) is 0 Å². The van der Waals surface area contributed by atoms with Gasteiger partial charge in [0.2, 0.25) is 0 Å². The lowest BCUT2D eigenvalue weighted by Crippen LogP contribution is -2.40. The van der Waals surface area contributed by atoms with E-state index in [1.54, 1.807) is 6.92 Å². The van der Waals surface area contributed by atoms with Crippen LogP contribution in [0.4, 0.5) is 0 Å². The molecule has 0 aliphatic heterocycles. The molecule has 0 aromatic carbocycles. The van der Waals surface area contributed by atoms with Crippen molar-refractivity contribution in [2.75, 3.05) is 0 Å². The largest absolute Gasteiger partial charge is 0.383 e. The predicted octanol–water partition coefficient (Wildman–Crippen LogP) is 3.68. The highest BCUT2D eigenvalue weighted by Crippen LogP contribution is 2.54. The van der Waals surface area contributed by atoms with E-state index in [9.17, 15) is 10.4 Å². The third-order valence-corrected chi connectivity index (χ3v) is 5.42. The number of rotatable bonds is 3. The molecule has 92 valence electrons. The van der Waals surface area contributed by atoms with Crippen LogP contribution in [0.2, 0.25) is 0 Å². The van der Waals surface area contributed by atoms with Crippen molar-refractivity contribution in [3.05, 3.63) is 22.4 Å². The summed E-state index contributed by atoms with van der Waals surface area (Å²) < 4.78 is 0. The van der Waals surface area contributed by atoms with E-state index in [1.807, 2.05) is 17.5 Å². The molecule has 0 saturated heterocycles. The standard InChI is InChI=1S/C14H19NOS/c1-3-11-6-7-14(9-11,10-15)13(2,16)12-5-4-8-17-12/h4-5,8,11,16H,3,6-7,9H2,1-2H3. The molecule has 17 heavy (non-hydrogen) atoms. The Morgan fingerprint density at radius 2 is 2.47 bits per heavy atom. The molecule has 2 rings (SSSR count). The minimum absolute atomic E-state index is 0.584. The van der Waals surface area contributed by atoms with Gasteiger partial charge < -0.3 is 5.11 Å². The first-order chi connectivity index (χ1) is 8.05. The van der Waals surface area contributed by atoms with Crippen molar-refractivity contribution in [2.45, 2.75) is 45.1 Å². The van der Waals surface area contributed by atoms with Gasteiger partial charge in [0.25, 0.3) is 0 Å². The van der Waals surface area contributed by atoms with Crippen LogP contribution >= 0.6 is 11.3 Å². The van der Waals surface area contributed by atoms with Gasteiger partial charge in [-0.2, -0.15) is 5.26 Å². The summed E-state index contributed by atoms with van der Waals surface area (Å²) in [5, 5.41) is 22.3. The fourth-order valence-electron chi connectivity index (χ4n) is 2.94. The van der Waals surface area contributed by atoms with Crippen molar-refractivity contribution in [3.8, 4) is 6.07 Å². The fourth-order valence-corrected chi connectivity index (χ4v) is 3.83. The second kappa shape index (κ2) is 4.44. The van der Waals surface area contributed by atoms with E-state index in [1.165, 1.54) is 11.3 Å². The van der Waals surface area contributed by atoms with Crippen LogP contribution in [0.15, 0.2) is 17.5 Å². The van der Waals surface area contributed by atoms with Gasteiger partial charge in [-0.15, -0.1) is 11.3 Å². The smallest absolute Gasteiger partial charge is 0.114 e. The van der Waals surface area contributed by atoms with Gasteiger partial charge in [-0.05, 0) is 43.6 Å². The van der Waals surface area contributed by atoms with E-state index < -0.39 is 11.0 Å². The van der Waals surface area contributed by atoms with Gasteiger partial charge in [0.15, 0.2) is 0 Å². The molecule has 1 aromatic heterocycles. The van der Waals surface area contributed by atoms with Crippen LogP contribution in [0.3, 0.4) is 0 Å². The molecule has 0 bridgehead atoms. The number of thiophene rings is 1. The lowest BCUT2D eigenvalue weighted by atomic mass is 9.71. The minimum Gasteiger partial charge on any atom is -0.383 e. The SMILES string of the molecule is CCC1CCC(C#N)(C(C)(O)c2cccs2)C1. The Morgan fingerprint density at radius 3 is 2.94 bits per heavy atom. The molecule has 3 atom stereocenters. The molecule has 1 N–H and O–H groups in total. The highest BCUT2D eigenvalue weighted by molar-refractivity contribution is 7.10. The van der Waals surface area contributed by atoms with Crippen molar-refractivity contribution in [1.82, 2.24) is 0 Å². The molecule has 1 aliphatic carbocycles. The van der Waals surface area contributed by atoms with Crippen LogP contribution in [0.5, 0.6) is 0 Å². The van der Waals surface area contributed by atoms with Gasteiger partial charge in [0, 0.05) is 4.88 Å². The molecule has 1 heterocycles. The van der Waals surface area contributed by atoms with Crippen LogP contribution in [-0.4, -0.2) is 5.11 Å². The normalized spacial score (nSPS) is 32.0. The van der Waals surface area contributed by atoms with Gasteiger partial charge in [-0.1, -0.05) is 19.4 Å². The molecular formula is C14H19NOS. The summed E-state index contributed by atoms with van der Waals surface area (Å²) in [5.74, 6) is 0.584. The van der Waals surface area contributed by atoms with E-state index in [0.29, 0.717) is 5.92 Å². The van der Waals surface area contributed by atoms with E-state index in [2.05, 4.69) is 13.0 Å². The third kappa shape index (κ3) is 1.90. The average Bonchev–Trinajstić information content (AvgIpc) is 2.99. The Labute approximate surface area is 107 Å². The Morgan fingerprint density at radius 1 is 1.71 bits per heavy atom. The first kappa shape index (κ1) is 12.6. The van der Waals surface area contributed by atoms with Crippen molar-refractivity contribution in [3.63, 3.8) is 0 Å². The zero-order chi connectivity index (χ0) is 12.5. The summed E-state index contributed by atoms with van der Waals surface area (Å²) in [6.45, 7) is 3.97. The van der Waals surface area contributed by atoms with E-state index in [4.69, 9.17) is 0 Å². The molecule has 1 aliphatic rings. The molecule has 1 fully saturated rings. The molecule has 0 spiro atoms. The lowest BCUT2D eigenvalue weighted by Gasteiger charge is -2.37. The fraction of sp³-hybridized carbons (Fsp3) is 0.643. The zero-order valence-corrected chi connectivity index (χ0v) is 11.3. The number of nitriles is 1. The van der Waals surface area contributed by atoms with E-state index in [0.717, 1.165) is 30.6 Å². The van der Waals surface area contributed by atoms with Crippen LogP contribution < -0.4 is 0 Å². The predicted molar refractivity (Wildman–Crippen MR) is 69.6 cm³/mol. The molecule has 0 amide bonds. The summed E-state index contributed by atoms with van der Waals surface area (Å²) in [4.78, 5) is 0.913. The maximum atomic E-state index is 10.8.